The van der Waals surface area contributed by atoms with Crippen LogP contribution in [0, 0.1) is 5.92 Å². The number of nitrogens with zero attached hydrogens (tertiary/aromatic N) is 3. The number of aromatic nitrogens is 2. The van der Waals surface area contributed by atoms with E-state index in [1.165, 1.54) is 4.68 Å². The summed E-state index contributed by atoms with van der Waals surface area (Å²) in [4.78, 5) is 26.9. The minimum Gasteiger partial charge on any atom is -0.334 e. The Morgan fingerprint density at radius 2 is 2.07 bits per heavy atom. The summed E-state index contributed by atoms with van der Waals surface area (Å²) in [5.74, 6) is -1.30. The molecular weight excluding hydrogens is 416 g/mol. The molecule has 1 fully saturated rings. The van der Waals surface area contributed by atoms with E-state index in [4.69, 9.17) is 11.6 Å². The van der Waals surface area contributed by atoms with Gasteiger partial charge in [0.1, 0.15) is 5.82 Å². The number of likely N-dealkylation sites (tertiary alicyclic amines) is 1. The highest BCUT2D eigenvalue weighted by Crippen LogP contribution is 2.33. The third kappa shape index (κ3) is 4.02. The lowest BCUT2D eigenvalue weighted by molar-refractivity contribution is -0.144. The largest absolute Gasteiger partial charge is 0.334 e. The molecule has 1 atom stereocenters. The van der Waals surface area contributed by atoms with Crippen molar-refractivity contribution in [2.24, 2.45) is 5.92 Å². The Balaban J connectivity index is 1.67. The quantitative estimate of drug-likeness (QED) is 0.727. The summed E-state index contributed by atoms with van der Waals surface area (Å²) in [6.45, 7) is 3.12. The highest BCUT2D eigenvalue weighted by Gasteiger charge is 2.35. The fourth-order valence-electron chi connectivity index (χ4n) is 3.84. The van der Waals surface area contributed by atoms with E-state index < -0.39 is 21.7 Å². The van der Waals surface area contributed by atoms with Crippen molar-refractivity contribution in [1.29, 1.82) is 0 Å². The highest BCUT2D eigenvalue weighted by atomic mass is 35.5. The van der Waals surface area contributed by atoms with E-state index in [0.29, 0.717) is 41.0 Å². The number of hydrogen-bond acceptors (Lipinski definition) is 5. The zero-order chi connectivity index (χ0) is 20.8. The second kappa shape index (κ2) is 7.46. The normalized spacial score (nSPS) is 20.3. The number of halogens is 1. The molecule has 2 aromatic rings. The average Bonchev–Trinajstić information content (AvgIpc) is 3.13. The van der Waals surface area contributed by atoms with Gasteiger partial charge in [-0.2, -0.15) is 5.10 Å². The summed E-state index contributed by atoms with van der Waals surface area (Å²) in [6, 6.07) is 6.83. The number of carbonyl (C=O) groups is 2. The number of fused-ring (bicyclic) bond motifs is 1. The number of carbonyl (C=O) groups excluding carboxylic acids is 2. The van der Waals surface area contributed by atoms with Crippen LogP contribution in [-0.2, 0) is 30.9 Å². The Morgan fingerprint density at radius 1 is 1.28 bits per heavy atom. The van der Waals surface area contributed by atoms with Crippen molar-refractivity contribution in [3.05, 3.63) is 40.5 Å². The van der Waals surface area contributed by atoms with Gasteiger partial charge < -0.3 is 10.2 Å². The summed E-state index contributed by atoms with van der Waals surface area (Å²) >= 11 is 6.07. The average molecular weight is 437 g/mol. The first-order valence-electron chi connectivity index (χ1n) is 9.41. The van der Waals surface area contributed by atoms with Crippen molar-refractivity contribution in [3.63, 3.8) is 0 Å². The molecule has 10 heteroatoms. The summed E-state index contributed by atoms with van der Waals surface area (Å²) in [5.41, 5.74) is 1.36. The van der Waals surface area contributed by atoms with Gasteiger partial charge in [0.15, 0.2) is 9.84 Å². The molecule has 1 aromatic heterocycles. The Bertz CT molecular complexity index is 1100. The van der Waals surface area contributed by atoms with Gasteiger partial charge in [-0.15, -0.1) is 0 Å². The van der Waals surface area contributed by atoms with Gasteiger partial charge in [0, 0.05) is 23.7 Å². The van der Waals surface area contributed by atoms with E-state index in [1.807, 2.05) is 6.92 Å². The Kier molecular flexibility index (Phi) is 5.12. The lowest BCUT2D eigenvalue weighted by Gasteiger charge is -2.30. The maximum Gasteiger partial charge on any atom is 0.315 e. The third-order valence-electron chi connectivity index (χ3n) is 5.21. The molecule has 4 rings (SSSR count). The molecule has 0 bridgehead atoms. The van der Waals surface area contributed by atoms with Gasteiger partial charge in [-0.25, -0.2) is 13.1 Å². The molecule has 1 N–H and O–H groups in total. The summed E-state index contributed by atoms with van der Waals surface area (Å²) in [5, 5.41) is 7.47. The number of hydrogen-bond donors (Lipinski definition) is 1. The first-order chi connectivity index (χ1) is 13.7. The molecule has 0 saturated carbocycles. The Hall–Kier alpha value is -2.39. The first-order valence-corrected chi connectivity index (χ1v) is 11.6. The van der Waals surface area contributed by atoms with Gasteiger partial charge >= 0.3 is 11.8 Å². The fourth-order valence-corrected chi connectivity index (χ4v) is 5.52. The zero-order valence-corrected chi connectivity index (χ0v) is 17.5. The lowest BCUT2D eigenvalue weighted by Crippen LogP contribution is -2.45. The van der Waals surface area contributed by atoms with Crippen molar-refractivity contribution in [3.8, 4) is 5.69 Å². The lowest BCUT2D eigenvalue weighted by atomic mass is 10.0. The number of sulfone groups is 1. The number of anilines is 1. The van der Waals surface area contributed by atoms with E-state index in [-0.39, 0.29) is 17.3 Å². The smallest absolute Gasteiger partial charge is 0.315 e. The number of benzene rings is 1. The number of amides is 2. The molecule has 1 saturated heterocycles. The monoisotopic (exact) mass is 436 g/mol. The van der Waals surface area contributed by atoms with E-state index >= 15 is 0 Å². The van der Waals surface area contributed by atoms with Gasteiger partial charge in [-0.1, -0.05) is 24.6 Å². The van der Waals surface area contributed by atoms with Crippen LogP contribution in [0.25, 0.3) is 5.69 Å². The van der Waals surface area contributed by atoms with Crippen LogP contribution in [0.1, 0.15) is 31.0 Å². The SMILES string of the molecule is CC1CCCN(C(=O)C(=O)Nc2c3c(nn2-c2cccc(Cl)c2)CS(=O)(=O)C3)C1. The topological polar surface area (TPSA) is 101 Å². The molecule has 1 unspecified atom stereocenters. The number of rotatable bonds is 2. The molecule has 0 aliphatic carbocycles. The molecule has 154 valence electrons. The minimum absolute atomic E-state index is 0.198. The van der Waals surface area contributed by atoms with E-state index in [0.717, 1.165) is 12.8 Å². The zero-order valence-electron chi connectivity index (χ0n) is 15.9. The molecule has 2 aliphatic rings. The third-order valence-corrected chi connectivity index (χ3v) is 6.89. The molecule has 8 nitrogen and oxygen atoms in total. The molecule has 0 radical (unpaired) electrons. The Morgan fingerprint density at radius 3 is 2.79 bits per heavy atom. The molecule has 0 spiro atoms. The van der Waals surface area contributed by atoms with Crippen molar-refractivity contribution in [2.75, 3.05) is 18.4 Å². The molecular formula is C19H21ClN4O4S. The maximum absolute atomic E-state index is 12.7. The first kappa shape index (κ1) is 19.9. The summed E-state index contributed by atoms with van der Waals surface area (Å²) in [7, 11) is -3.32. The minimum atomic E-state index is -3.32. The summed E-state index contributed by atoms with van der Waals surface area (Å²) < 4.78 is 25.5. The fraction of sp³-hybridized carbons (Fsp3) is 0.421. The molecule has 29 heavy (non-hydrogen) atoms. The van der Waals surface area contributed by atoms with E-state index in [9.17, 15) is 18.0 Å². The number of piperidine rings is 1. The molecule has 1 aromatic carbocycles. The van der Waals surface area contributed by atoms with Crippen molar-refractivity contribution in [1.82, 2.24) is 14.7 Å². The van der Waals surface area contributed by atoms with Gasteiger partial charge in [0.2, 0.25) is 0 Å². The van der Waals surface area contributed by atoms with Gasteiger partial charge in [-0.05, 0) is 37.0 Å². The van der Waals surface area contributed by atoms with Crippen LogP contribution in [0.15, 0.2) is 24.3 Å². The second-order valence-electron chi connectivity index (χ2n) is 7.65. The predicted octanol–water partition coefficient (Wildman–Crippen LogP) is 2.15. The van der Waals surface area contributed by atoms with Crippen LogP contribution in [0.2, 0.25) is 5.02 Å². The van der Waals surface area contributed by atoms with Crippen LogP contribution >= 0.6 is 11.6 Å². The van der Waals surface area contributed by atoms with Gasteiger partial charge in [-0.3, -0.25) is 9.59 Å². The van der Waals surface area contributed by atoms with Crippen molar-refractivity contribution < 1.29 is 18.0 Å². The Labute approximate surface area is 173 Å². The highest BCUT2D eigenvalue weighted by molar-refractivity contribution is 7.90. The van der Waals surface area contributed by atoms with Crippen LogP contribution in [0.5, 0.6) is 0 Å². The molecule has 2 aliphatic heterocycles. The van der Waals surface area contributed by atoms with E-state index in [2.05, 4.69) is 10.4 Å². The van der Waals surface area contributed by atoms with Crippen molar-refractivity contribution in [2.45, 2.75) is 31.3 Å². The van der Waals surface area contributed by atoms with Crippen LogP contribution < -0.4 is 5.32 Å². The maximum atomic E-state index is 12.7. The molecule has 2 amide bonds. The standard InChI is InChI=1S/C19H21ClN4O4S/c1-12-4-3-7-23(9-12)19(26)18(25)21-17-15-10-29(27,28)11-16(15)22-24(17)14-6-2-5-13(20)8-14/h2,5-6,8,12H,3-4,7,9-11H2,1H3,(H,21,25). The number of nitrogens with one attached hydrogen (secondary N) is 1. The predicted molar refractivity (Wildman–Crippen MR) is 109 cm³/mol. The summed E-state index contributed by atoms with van der Waals surface area (Å²) in [6.07, 6.45) is 1.88. The molecule has 3 heterocycles. The second-order valence-corrected chi connectivity index (χ2v) is 10.2. The van der Waals surface area contributed by atoms with Gasteiger partial charge in [0.05, 0.1) is 22.9 Å². The van der Waals surface area contributed by atoms with Crippen molar-refractivity contribution >= 4 is 39.1 Å². The van der Waals surface area contributed by atoms with Crippen LogP contribution in [-0.4, -0.2) is 48.0 Å². The van der Waals surface area contributed by atoms with Crippen LogP contribution in [0.3, 0.4) is 0 Å². The van der Waals surface area contributed by atoms with Crippen LogP contribution in [0.4, 0.5) is 5.82 Å². The van der Waals surface area contributed by atoms with Gasteiger partial charge in [0.25, 0.3) is 0 Å². The van der Waals surface area contributed by atoms with E-state index in [1.54, 1.807) is 29.2 Å².